The number of amides is 1. The zero-order chi connectivity index (χ0) is 15.5. The van der Waals surface area contributed by atoms with Gasteiger partial charge in [-0.1, -0.05) is 30.3 Å². The minimum atomic E-state index is -0.753. The highest BCUT2D eigenvalue weighted by molar-refractivity contribution is 5.68. The summed E-state index contributed by atoms with van der Waals surface area (Å²) in [4.78, 5) is 13.7. The number of carbonyl (C=O) groups is 1. The summed E-state index contributed by atoms with van der Waals surface area (Å²) in [5.74, 6) is 0. The lowest BCUT2D eigenvalue weighted by molar-refractivity contribution is -0.0908. The Morgan fingerprint density at radius 2 is 2.05 bits per heavy atom. The average molecular weight is 293 g/mol. The molecule has 2 unspecified atom stereocenters. The Kier molecular flexibility index (Phi) is 4.85. The zero-order valence-electron chi connectivity index (χ0n) is 12.8. The Labute approximate surface area is 125 Å². The normalized spacial score (nSPS) is 21.0. The molecule has 2 atom stereocenters. The number of morpholine rings is 1. The first-order valence-electron chi connectivity index (χ1n) is 7.19. The molecule has 1 aromatic carbocycles. The van der Waals surface area contributed by atoms with E-state index >= 15 is 0 Å². The maximum Gasteiger partial charge on any atom is 0.410 e. The lowest BCUT2D eigenvalue weighted by atomic mass is 10.0. The summed E-state index contributed by atoms with van der Waals surface area (Å²) >= 11 is 0. The predicted octanol–water partition coefficient (Wildman–Crippen LogP) is 2.36. The maximum atomic E-state index is 12.1. The highest BCUT2D eigenvalue weighted by atomic mass is 16.6. The van der Waals surface area contributed by atoms with Crippen molar-refractivity contribution >= 4 is 6.09 Å². The van der Waals surface area contributed by atoms with Gasteiger partial charge in [0.25, 0.3) is 0 Å². The van der Waals surface area contributed by atoms with Gasteiger partial charge in [-0.25, -0.2) is 4.79 Å². The summed E-state index contributed by atoms with van der Waals surface area (Å²) in [7, 11) is 0. The fourth-order valence-corrected chi connectivity index (χ4v) is 2.22. The van der Waals surface area contributed by atoms with E-state index < -0.39 is 17.8 Å². The molecule has 1 fully saturated rings. The largest absolute Gasteiger partial charge is 0.444 e. The van der Waals surface area contributed by atoms with Crippen LogP contribution in [-0.2, 0) is 9.47 Å². The Morgan fingerprint density at radius 1 is 1.38 bits per heavy atom. The van der Waals surface area contributed by atoms with E-state index in [-0.39, 0.29) is 6.09 Å². The first kappa shape index (κ1) is 15.8. The first-order valence-corrected chi connectivity index (χ1v) is 7.19. The Morgan fingerprint density at radius 3 is 2.67 bits per heavy atom. The second-order valence-corrected chi connectivity index (χ2v) is 6.19. The molecule has 0 radical (unpaired) electrons. The van der Waals surface area contributed by atoms with Gasteiger partial charge in [0.15, 0.2) is 0 Å². The average Bonchev–Trinajstić information content (AvgIpc) is 2.46. The van der Waals surface area contributed by atoms with E-state index in [0.29, 0.717) is 19.7 Å². The van der Waals surface area contributed by atoms with E-state index in [9.17, 15) is 9.90 Å². The zero-order valence-corrected chi connectivity index (χ0v) is 12.8. The van der Waals surface area contributed by atoms with Gasteiger partial charge in [-0.05, 0) is 26.3 Å². The third kappa shape index (κ3) is 4.44. The Hall–Kier alpha value is -1.59. The SMILES string of the molecule is CC(C)(C)OC(=O)N1CCOC(C(O)c2ccccc2)C1. The molecule has 1 aliphatic heterocycles. The van der Waals surface area contributed by atoms with Crippen LogP contribution in [0.3, 0.4) is 0 Å². The molecule has 21 heavy (non-hydrogen) atoms. The summed E-state index contributed by atoms with van der Waals surface area (Å²) in [5, 5.41) is 10.4. The van der Waals surface area contributed by atoms with Crippen molar-refractivity contribution in [3.63, 3.8) is 0 Å². The van der Waals surface area contributed by atoms with Crippen LogP contribution in [-0.4, -0.2) is 47.5 Å². The monoisotopic (exact) mass is 293 g/mol. The van der Waals surface area contributed by atoms with E-state index in [1.54, 1.807) is 4.90 Å². The standard InChI is InChI=1S/C16H23NO4/c1-16(2,3)21-15(19)17-9-10-20-13(11-17)14(18)12-7-5-4-6-8-12/h4-8,13-14,18H,9-11H2,1-3H3. The maximum absolute atomic E-state index is 12.1. The van der Waals surface area contributed by atoms with Crippen molar-refractivity contribution in [3.8, 4) is 0 Å². The van der Waals surface area contributed by atoms with E-state index in [1.165, 1.54) is 0 Å². The number of hydrogen-bond acceptors (Lipinski definition) is 4. The van der Waals surface area contributed by atoms with Gasteiger partial charge in [-0.2, -0.15) is 0 Å². The minimum absolute atomic E-state index is 0.324. The molecule has 0 bridgehead atoms. The van der Waals surface area contributed by atoms with Crippen molar-refractivity contribution in [2.75, 3.05) is 19.7 Å². The van der Waals surface area contributed by atoms with E-state index in [4.69, 9.17) is 9.47 Å². The molecule has 1 saturated heterocycles. The number of rotatable bonds is 2. The van der Waals surface area contributed by atoms with Crippen LogP contribution >= 0.6 is 0 Å². The Bertz CT molecular complexity index is 469. The van der Waals surface area contributed by atoms with Crippen molar-refractivity contribution in [1.82, 2.24) is 4.90 Å². The van der Waals surface area contributed by atoms with Crippen molar-refractivity contribution in [3.05, 3.63) is 35.9 Å². The molecule has 1 heterocycles. The van der Waals surface area contributed by atoms with Gasteiger partial charge in [0, 0.05) is 6.54 Å². The van der Waals surface area contributed by atoms with E-state index in [2.05, 4.69) is 0 Å². The van der Waals surface area contributed by atoms with Crippen LogP contribution in [0.2, 0.25) is 0 Å². The summed E-state index contributed by atoms with van der Waals surface area (Å²) in [6.07, 6.45) is -1.55. The molecule has 0 aliphatic carbocycles. The summed E-state index contributed by atoms with van der Waals surface area (Å²) in [6, 6.07) is 9.33. The molecule has 5 heteroatoms. The number of hydrogen-bond donors (Lipinski definition) is 1. The molecule has 1 aromatic rings. The molecule has 0 aromatic heterocycles. The molecule has 116 valence electrons. The number of carbonyl (C=O) groups excluding carboxylic acids is 1. The van der Waals surface area contributed by atoms with Crippen LogP contribution in [0.5, 0.6) is 0 Å². The fraction of sp³-hybridized carbons (Fsp3) is 0.562. The van der Waals surface area contributed by atoms with Crippen LogP contribution < -0.4 is 0 Å². The van der Waals surface area contributed by atoms with Crippen molar-refractivity contribution in [2.45, 2.75) is 38.6 Å². The van der Waals surface area contributed by atoms with Crippen LogP contribution in [0, 0.1) is 0 Å². The molecule has 1 N–H and O–H groups in total. The molecule has 1 amide bonds. The van der Waals surface area contributed by atoms with Gasteiger partial charge >= 0.3 is 6.09 Å². The van der Waals surface area contributed by atoms with Crippen molar-refractivity contribution in [1.29, 1.82) is 0 Å². The lowest BCUT2D eigenvalue weighted by Gasteiger charge is -2.36. The highest BCUT2D eigenvalue weighted by Gasteiger charge is 2.32. The summed E-state index contributed by atoms with van der Waals surface area (Å²) < 4.78 is 11.0. The Balaban J connectivity index is 1.99. The topological polar surface area (TPSA) is 59.0 Å². The van der Waals surface area contributed by atoms with Crippen LogP contribution in [0.25, 0.3) is 0 Å². The number of aliphatic hydroxyl groups excluding tert-OH is 1. The van der Waals surface area contributed by atoms with E-state index in [0.717, 1.165) is 5.56 Å². The van der Waals surface area contributed by atoms with Gasteiger partial charge < -0.3 is 19.5 Å². The third-order valence-electron chi connectivity index (χ3n) is 3.24. The van der Waals surface area contributed by atoms with Gasteiger partial charge in [-0.15, -0.1) is 0 Å². The second kappa shape index (κ2) is 6.45. The number of aliphatic hydroxyl groups is 1. The molecular formula is C16H23NO4. The lowest BCUT2D eigenvalue weighted by Crippen LogP contribution is -2.49. The number of nitrogens with zero attached hydrogens (tertiary/aromatic N) is 1. The van der Waals surface area contributed by atoms with Crippen molar-refractivity contribution < 1.29 is 19.4 Å². The van der Waals surface area contributed by atoms with Crippen LogP contribution in [0.15, 0.2) is 30.3 Å². The third-order valence-corrected chi connectivity index (χ3v) is 3.24. The molecule has 0 saturated carbocycles. The smallest absolute Gasteiger partial charge is 0.410 e. The highest BCUT2D eigenvalue weighted by Crippen LogP contribution is 2.23. The van der Waals surface area contributed by atoms with E-state index in [1.807, 2.05) is 51.1 Å². The van der Waals surface area contributed by atoms with Crippen LogP contribution in [0.4, 0.5) is 4.79 Å². The van der Waals surface area contributed by atoms with Gasteiger partial charge in [0.05, 0.1) is 13.2 Å². The van der Waals surface area contributed by atoms with Crippen molar-refractivity contribution in [2.24, 2.45) is 0 Å². The first-order chi connectivity index (χ1) is 9.87. The number of benzene rings is 1. The second-order valence-electron chi connectivity index (χ2n) is 6.19. The summed E-state index contributed by atoms with van der Waals surface area (Å²) in [6.45, 7) is 6.70. The fourth-order valence-electron chi connectivity index (χ4n) is 2.22. The van der Waals surface area contributed by atoms with Gasteiger partial charge in [0.1, 0.15) is 17.8 Å². The van der Waals surface area contributed by atoms with Gasteiger partial charge in [0.2, 0.25) is 0 Å². The minimum Gasteiger partial charge on any atom is -0.444 e. The predicted molar refractivity (Wildman–Crippen MR) is 78.9 cm³/mol. The molecule has 5 nitrogen and oxygen atoms in total. The van der Waals surface area contributed by atoms with Crippen LogP contribution in [0.1, 0.15) is 32.4 Å². The molecule has 1 aliphatic rings. The summed E-state index contributed by atoms with van der Waals surface area (Å²) in [5.41, 5.74) is 0.261. The molecular weight excluding hydrogens is 270 g/mol. The molecule has 0 spiro atoms. The molecule has 2 rings (SSSR count). The quantitative estimate of drug-likeness (QED) is 0.909. The number of ether oxygens (including phenoxy) is 2. The van der Waals surface area contributed by atoms with Gasteiger partial charge in [-0.3, -0.25) is 0 Å².